The molecule has 0 saturated heterocycles. The second-order valence-corrected chi connectivity index (χ2v) is 4.83. The van der Waals surface area contributed by atoms with E-state index in [0.717, 1.165) is 0 Å². The molecule has 0 heterocycles. The van der Waals surface area contributed by atoms with Gasteiger partial charge in [-0.05, 0) is 13.8 Å². The Bertz CT molecular complexity index is 151. The summed E-state index contributed by atoms with van der Waals surface area (Å²) >= 11 is 4.24. The minimum absolute atomic E-state index is 0.355. The number of hydrogen-bond acceptors (Lipinski definition) is 4. The van der Waals surface area contributed by atoms with E-state index in [1.54, 1.807) is 6.55 Å². The number of carbonyl (C=O) groups is 1. The molecule has 0 aliphatic heterocycles. The van der Waals surface area contributed by atoms with Gasteiger partial charge < -0.3 is 13.3 Å². The zero-order chi connectivity index (χ0) is 11.6. The van der Waals surface area contributed by atoms with Gasteiger partial charge in [0, 0.05) is 63.9 Å². The normalized spacial score (nSPS) is 10.1. The summed E-state index contributed by atoms with van der Waals surface area (Å²) in [5.41, 5.74) is 0. The van der Waals surface area contributed by atoms with Crippen LogP contribution in [-0.2, 0) is 18.1 Å². The average Bonchev–Trinajstić information content (AvgIpc) is 2.06. The molecule has 0 aromatic rings. The molecule has 0 spiro atoms. The molecule has 0 N–H and O–H groups in total. The molecule has 0 radical (unpaired) electrons. The lowest BCUT2D eigenvalue weighted by atomic mass is 10.9. The molecule has 4 nitrogen and oxygen atoms in total. The molecule has 0 aliphatic carbocycles. The summed E-state index contributed by atoms with van der Waals surface area (Å²) in [7, 11) is -2.66. The molecule has 0 amide bonds. The third-order valence-corrected chi connectivity index (χ3v) is 3.43. The first-order chi connectivity index (χ1) is 6.54. The average molecular weight is 446 g/mol. The predicted octanol–water partition coefficient (Wildman–Crippen LogP) is 2.96. The van der Waals surface area contributed by atoms with E-state index in [2.05, 4.69) is 37.2 Å². The van der Waals surface area contributed by atoms with Crippen molar-refractivity contribution in [2.24, 2.45) is 0 Å². The first-order valence-corrected chi connectivity index (χ1v) is 12.7. The molecular formula is C7H16I2O4Si. The minimum atomic E-state index is -2.66. The van der Waals surface area contributed by atoms with E-state index in [9.17, 15) is 4.79 Å². The van der Waals surface area contributed by atoms with Crippen LogP contribution in [0.1, 0.15) is 20.8 Å². The number of halogens is 2. The molecule has 0 bridgehead atoms. The maximum atomic E-state index is 10.7. The van der Waals surface area contributed by atoms with Gasteiger partial charge in [0.2, 0.25) is 0 Å². The quantitative estimate of drug-likeness (QED) is 0.482. The fourth-order valence-corrected chi connectivity index (χ4v) is 2.66. The van der Waals surface area contributed by atoms with Gasteiger partial charge >= 0.3 is 8.80 Å². The topological polar surface area (TPSA) is 44.8 Å². The molecule has 7 heteroatoms. The Labute approximate surface area is 110 Å². The van der Waals surface area contributed by atoms with Gasteiger partial charge in [0.15, 0.2) is 0 Å². The third-order valence-electron chi connectivity index (χ3n) is 1.14. The predicted molar refractivity (Wildman–Crippen MR) is 74.7 cm³/mol. The highest BCUT2D eigenvalue weighted by Gasteiger charge is 2.37. The lowest BCUT2D eigenvalue weighted by molar-refractivity contribution is -0.136. The van der Waals surface area contributed by atoms with Crippen LogP contribution in [0.5, 0.6) is 0 Å². The third kappa shape index (κ3) is 9.62. The second kappa shape index (κ2) is 10.6. The second-order valence-electron chi connectivity index (χ2n) is 2.32. The van der Waals surface area contributed by atoms with Crippen LogP contribution in [-0.4, -0.2) is 28.0 Å². The highest BCUT2D eigenvalue weighted by molar-refractivity contribution is 15.0. The fourth-order valence-electron chi connectivity index (χ4n) is 0.886. The first-order valence-electron chi connectivity index (χ1n) is 4.16. The van der Waals surface area contributed by atoms with E-state index in [4.69, 9.17) is 13.3 Å². The Morgan fingerprint density at radius 2 is 1.57 bits per heavy atom. The SMILES string of the molecule is CCO[Si](C)(OCC)OC(C)=O.II. The van der Waals surface area contributed by atoms with Crippen molar-refractivity contribution in [1.82, 2.24) is 0 Å². The van der Waals surface area contributed by atoms with Crippen LogP contribution in [0.3, 0.4) is 0 Å². The summed E-state index contributed by atoms with van der Waals surface area (Å²) in [6.07, 6.45) is 0. The smallest absolute Gasteiger partial charge is 0.474 e. The van der Waals surface area contributed by atoms with Gasteiger partial charge in [-0.2, -0.15) is 0 Å². The maximum absolute atomic E-state index is 10.7. The van der Waals surface area contributed by atoms with Gasteiger partial charge in [-0.25, -0.2) is 0 Å². The van der Waals surface area contributed by atoms with Crippen LogP contribution >= 0.6 is 37.2 Å². The van der Waals surface area contributed by atoms with Gasteiger partial charge in [0.1, 0.15) is 0 Å². The van der Waals surface area contributed by atoms with Gasteiger partial charge in [0.05, 0.1) is 0 Å². The van der Waals surface area contributed by atoms with Gasteiger partial charge in [0.25, 0.3) is 5.97 Å². The van der Waals surface area contributed by atoms with Crippen molar-refractivity contribution in [3.8, 4) is 0 Å². The summed E-state index contributed by atoms with van der Waals surface area (Å²) < 4.78 is 15.5. The molecule has 0 rings (SSSR count). The van der Waals surface area contributed by atoms with Crippen LogP contribution < -0.4 is 0 Å². The van der Waals surface area contributed by atoms with Crippen LogP contribution in [0, 0.1) is 0 Å². The van der Waals surface area contributed by atoms with Crippen LogP contribution in [0.25, 0.3) is 0 Å². The van der Waals surface area contributed by atoms with Crippen molar-refractivity contribution in [3.63, 3.8) is 0 Å². The molecule has 86 valence electrons. The van der Waals surface area contributed by atoms with Crippen molar-refractivity contribution in [3.05, 3.63) is 0 Å². The summed E-state index contributed by atoms with van der Waals surface area (Å²) in [6.45, 7) is 7.73. The van der Waals surface area contributed by atoms with Crippen molar-refractivity contribution in [1.29, 1.82) is 0 Å². The number of hydrogen-bond donors (Lipinski definition) is 0. The molecule has 0 saturated carbocycles. The Morgan fingerprint density at radius 1 is 1.21 bits per heavy atom. The Balaban J connectivity index is 0. The summed E-state index contributed by atoms with van der Waals surface area (Å²) in [4.78, 5) is 10.7. The minimum Gasteiger partial charge on any atom is -0.474 e. The molecule has 0 aliphatic rings. The van der Waals surface area contributed by atoms with Crippen LogP contribution in [0.15, 0.2) is 0 Å². The molecule has 0 aromatic carbocycles. The van der Waals surface area contributed by atoms with Gasteiger partial charge in [-0.15, -0.1) is 0 Å². The van der Waals surface area contributed by atoms with E-state index < -0.39 is 8.80 Å². The van der Waals surface area contributed by atoms with Crippen molar-refractivity contribution >= 4 is 52.0 Å². The zero-order valence-corrected chi connectivity index (χ0v) is 14.1. The lowest BCUT2D eigenvalue weighted by Gasteiger charge is -2.23. The molecule has 0 aromatic heterocycles. The summed E-state index contributed by atoms with van der Waals surface area (Å²) in [6, 6.07) is 0. The van der Waals surface area contributed by atoms with Gasteiger partial charge in [-0.1, -0.05) is 0 Å². The maximum Gasteiger partial charge on any atom is 0.564 e. The number of rotatable bonds is 5. The first kappa shape index (κ1) is 17.5. The standard InChI is InChI=1S/C7H16O4Si.I2/c1-5-9-12(4,10-6-2)11-7(3)8;1-2/h5-6H2,1-4H3;. The summed E-state index contributed by atoms with van der Waals surface area (Å²) in [5, 5.41) is 0. The van der Waals surface area contributed by atoms with E-state index in [-0.39, 0.29) is 5.97 Å². The van der Waals surface area contributed by atoms with E-state index >= 15 is 0 Å². The van der Waals surface area contributed by atoms with E-state index in [1.165, 1.54) is 6.92 Å². The number of carbonyl (C=O) groups excluding carboxylic acids is 1. The highest BCUT2D eigenvalue weighted by Crippen LogP contribution is 2.08. The van der Waals surface area contributed by atoms with Crippen molar-refractivity contribution in [2.45, 2.75) is 27.3 Å². The van der Waals surface area contributed by atoms with Crippen molar-refractivity contribution < 1.29 is 18.1 Å². The molecule has 14 heavy (non-hydrogen) atoms. The van der Waals surface area contributed by atoms with Gasteiger partial charge in [-0.3, -0.25) is 4.79 Å². The Hall–Kier alpha value is 1.07. The van der Waals surface area contributed by atoms with E-state index in [1.807, 2.05) is 13.8 Å². The monoisotopic (exact) mass is 446 g/mol. The lowest BCUT2D eigenvalue weighted by Crippen LogP contribution is -2.43. The van der Waals surface area contributed by atoms with Crippen LogP contribution in [0.4, 0.5) is 0 Å². The zero-order valence-electron chi connectivity index (χ0n) is 8.80. The molecule has 0 fully saturated rings. The highest BCUT2D eigenvalue weighted by atomic mass is 128. The van der Waals surface area contributed by atoms with Crippen molar-refractivity contribution in [2.75, 3.05) is 13.2 Å². The van der Waals surface area contributed by atoms with Crippen LogP contribution in [0.2, 0.25) is 6.55 Å². The molecule has 0 unspecified atom stereocenters. The van der Waals surface area contributed by atoms with E-state index in [0.29, 0.717) is 13.2 Å². The Morgan fingerprint density at radius 3 is 1.79 bits per heavy atom. The Kier molecular flexibility index (Phi) is 13.2. The largest absolute Gasteiger partial charge is 0.564 e. The summed E-state index contributed by atoms with van der Waals surface area (Å²) in [5.74, 6) is -0.355. The molecular weight excluding hydrogens is 430 g/mol. The molecule has 0 atom stereocenters. The fraction of sp³-hybridized carbons (Fsp3) is 0.857.